The Morgan fingerprint density at radius 3 is 2.52 bits per heavy atom. The van der Waals surface area contributed by atoms with E-state index < -0.39 is 0 Å². The summed E-state index contributed by atoms with van der Waals surface area (Å²) >= 11 is 0. The molecule has 0 bridgehead atoms. The number of aromatic nitrogens is 2. The van der Waals surface area contributed by atoms with Crippen LogP contribution in [0.3, 0.4) is 0 Å². The van der Waals surface area contributed by atoms with Crippen LogP contribution < -0.4 is 5.73 Å². The molecule has 21 heavy (non-hydrogen) atoms. The molecule has 0 fully saturated rings. The molecule has 0 radical (unpaired) electrons. The summed E-state index contributed by atoms with van der Waals surface area (Å²) in [5, 5.41) is 0. The quantitative estimate of drug-likeness (QED) is 0.886. The lowest BCUT2D eigenvalue weighted by atomic mass is 10.1. The van der Waals surface area contributed by atoms with Crippen molar-refractivity contribution >= 4 is 0 Å². The minimum Gasteiger partial charge on any atom is -0.329 e. The van der Waals surface area contributed by atoms with Crippen LogP contribution in [0.4, 0.5) is 0 Å². The minimum atomic E-state index is 0.172. The second-order valence-corrected chi connectivity index (χ2v) is 5.32. The molecule has 0 aliphatic heterocycles. The molecule has 4 heteroatoms. The zero-order chi connectivity index (χ0) is 15.2. The predicted octanol–water partition coefficient (Wildman–Crippen LogP) is 2.62. The average molecular weight is 284 g/mol. The van der Waals surface area contributed by atoms with Gasteiger partial charge < -0.3 is 5.73 Å². The average Bonchev–Trinajstić information content (AvgIpc) is 2.49. The van der Waals surface area contributed by atoms with Crippen LogP contribution in [0.25, 0.3) is 0 Å². The summed E-state index contributed by atoms with van der Waals surface area (Å²) in [5.74, 6) is 0. The van der Waals surface area contributed by atoms with Gasteiger partial charge in [0.2, 0.25) is 0 Å². The van der Waals surface area contributed by atoms with E-state index in [1.54, 1.807) is 0 Å². The molecule has 0 saturated carbocycles. The number of likely N-dealkylation sites (N-methyl/N-ethyl adjacent to an activating group) is 1. The van der Waals surface area contributed by atoms with Crippen molar-refractivity contribution in [3.8, 4) is 0 Å². The Labute approximate surface area is 127 Å². The Morgan fingerprint density at radius 2 is 1.95 bits per heavy atom. The van der Waals surface area contributed by atoms with Crippen molar-refractivity contribution in [1.82, 2.24) is 14.9 Å². The Hall–Kier alpha value is -1.78. The second-order valence-electron chi connectivity index (χ2n) is 5.32. The van der Waals surface area contributed by atoms with Gasteiger partial charge in [-0.3, -0.25) is 14.9 Å². The van der Waals surface area contributed by atoms with E-state index in [0.29, 0.717) is 6.54 Å². The van der Waals surface area contributed by atoms with E-state index in [-0.39, 0.29) is 6.04 Å². The fourth-order valence-corrected chi connectivity index (χ4v) is 2.51. The molecule has 0 saturated heterocycles. The molecule has 0 aliphatic carbocycles. The zero-order valence-electron chi connectivity index (χ0n) is 13.1. The molecule has 2 heterocycles. The van der Waals surface area contributed by atoms with Gasteiger partial charge in [-0.2, -0.15) is 0 Å². The third-order valence-electron chi connectivity index (χ3n) is 3.70. The Morgan fingerprint density at radius 1 is 1.14 bits per heavy atom. The van der Waals surface area contributed by atoms with Crippen LogP contribution in [0.5, 0.6) is 0 Å². The van der Waals surface area contributed by atoms with Crippen molar-refractivity contribution in [2.45, 2.75) is 33.4 Å². The van der Waals surface area contributed by atoms with Crippen molar-refractivity contribution in [2.75, 3.05) is 13.1 Å². The summed E-state index contributed by atoms with van der Waals surface area (Å²) < 4.78 is 0. The summed E-state index contributed by atoms with van der Waals surface area (Å²) in [5.41, 5.74) is 10.3. The summed E-state index contributed by atoms with van der Waals surface area (Å²) in [6.07, 6.45) is 1.93. The van der Waals surface area contributed by atoms with Crippen LogP contribution in [-0.2, 0) is 6.54 Å². The number of pyridine rings is 2. The molecule has 4 nitrogen and oxygen atoms in total. The Balaban J connectivity index is 2.19. The van der Waals surface area contributed by atoms with E-state index in [1.165, 1.54) is 0 Å². The van der Waals surface area contributed by atoms with Crippen LogP contribution in [0.15, 0.2) is 36.5 Å². The van der Waals surface area contributed by atoms with E-state index in [0.717, 1.165) is 35.7 Å². The first kappa shape index (κ1) is 15.6. The standard InChI is InChI=1S/C17H24N4/c1-4-21(12-16-7-5-6-14(3)20-16)17(10-18)15-9-8-13(2)19-11-15/h5-9,11,17H,4,10,12,18H2,1-3H3. The normalized spacial score (nSPS) is 12.6. The van der Waals surface area contributed by atoms with E-state index >= 15 is 0 Å². The molecule has 0 aliphatic rings. The highest BCUT2D eigenvalue weighted by Gasteiger charge is 2.18. The summed E-state index contributed by atoms with van der Waals surface area (Å²) in [6, 6.07) is 10.5. The van der Waals surface area contributed by atoms with Gasteiger partial charge in [0.1, 0.15) is 0 Å². The lowest BCUT2D eigenvalue weighted by molar-refractivity contribution is 0.200. The van der Waals surface area contributed by atoms with Crippen LogP contribution in [0.2, 0.25) is 0 Å². The second kappa shape index (κ2) is 7.29. The monoisotopic (exact) mass is 284 g/mol. The van der Waals surface area contributed by atoms with E-state index in [4.69, 9.17) is 5.73 Å². The number of hydrogen-bond donors (Lipinski definition) is 1. The van der Waals surface area contributed by atoms with Crippen molar-refractivity contribution in [3.63, 3.8) is 0 Å². The van der Waals surface area contributed by atoms with Gasteiger partial charge in [-0.05, 0) is 44.2 Å². The topological polar surface area (TPSA) is 55.0 Å². The molecule has 2 N–H and O–H groups in total. The largest absolute Gasteiger partial charge is 0.329 e. The maximum absolute atomic E-state index is 6.01. The number of hydrogen-bond acceptors (Lipinski definition) is 4. The molecule has 2 aromatic heterocycles. The number of nitrogens with two attached hydrogens (primary N) is 1. The van der Waals surface area contributed by atoms with Gasteiger partial charge in [0, 0.05) is 36.7 Å². The van der Waals surface area contributed by atoms with Crippen LogP contribution in [0.1, 0.15) is 35.6 Å². The zero-order valence-corrected chi connectivity index (χ0v) is 13.1. The highest BCUT2D eigenvalue weighted by atomic mass is 15.2. The van der Waals surface area contributed by atoms with Crippen LogP contribution in [0, 0.1) is 13.8 Å². The fraction of sp³-hybridized carbons (Fsp3) is 0.412. The van der Waals surface area contributed by atoms with Crippen molar-refractivity contribution in [3.05, 3.63) is 59.2 Å². The molecule has 2 rings (SSSR count). The van der Waals surface area contributed by atoms with Crippen molar-refractivity contribution in [1.29, 1.82) is 0 Å². The molecule has 2 aromatic rings. The number of aryl methyl sites for hydroxylation is 2. The predicted molar refractivity (Wildman–Crippen MR) is 85.8 cm³/mol. The van der Waals surface area contributed by atoms with Gasteiger partial charge in [0.05, 0.1) is 5.69 Å². The molecule has 0 spiro atoms. The molecule has 0 aromatic carbocycles. The minimum absolute atomic E-state index is 0.172. The third kappa shape index (κ3) is 4.09. The van der Waals surface area contributed by atoms with Crippen LogP contribution >= 0.6 is 0 Å². The lowest BCUT2D eigenvalue weighted by Crippen LogP contribution is -2.33. The molecule has 112 valence electrons. The van der Waals surface area contributed by atoms with Gasteiger partial charge in [-0.1, -0.05) is 19.1 Å². The van der Waals surface area contributed by atoms with Gasteiger partial charge >= 0.3 is 0 Å². The van der Waals surface area contributed by atoms with Gasteiger partial charge in [-0.25, -0.2) is 0 Å². The van der Waals surface area contributed by atoms with Crippen molar-refractivity contribution < 1.29 is 0 Å². The lowest BCUT2D eigenvalue weighted by Gasteiger charge is -2.29. The van der Waals surface area contributed by atoms with Gasteiger partial charge in [0.15, 0.2) is 0 Å². The van der Waals surface area contributed by atoms with Crippen molar-refractivity contribution in [2.24, 2.45) is 5.73 Å². The maximum atomic E-state index is 6.01. The maximum Gasteiger partial charge on any atom is 0.0547 e. The summed E-state index contributed by atoms with van der Waals surface area (Å²) in [6.45, 7) is 8.46. The molecule has 0 amide bonds. The van der Waals surface area contributed by atoms with Crippen LogP contribution in [-0.4, -0.2) is 28.0 Å². The number of rotatable bonds is 6. The van der Waals surface area contributed by atoms with E-state index in [1.807, 2.05) is 32.2 Å². The highest BCUT2D eigenvalue weighted by molar-refractivity contribution is 5.18. The molecular weight excluding hydrogens is 260 g/mol. The van der Waals surface area contributed by atoms with E-state index in [9.17, 15) is 0 Å². The molecule has 1 atom stereocenters. The molecular formula is C17H24N4. The summed E-state index contributed by atoms with van der Waals surface area (Å²) in [4.78, 5) is 11.3. The first-order valence-corrected chi connectivity index (χ1v) is 7.43. The Bertz CT molecular complexity index is 565. The Kier molecular flexibility index (Phi) is 5.42. The third-order valence-corrected chi connectivity index (χ3v) is 3.70. The smallest absolute Gasteiger partial charge is 0.0547 e. The fourth-order valence-electron chi connectivity index (χ4n) is 2.51. The molecule has 1 unspecified atom stereocenters. The first-order chi connectivity index (χ1) is 10.1. The number of nitrogens with zero attached hydrogens (tertiary/aromatic N) is 3. The van der Waals surface area contributed by atoms with Gasteiger partial charge in [-0.15, -0.1) is 0 Å². The first-order valence-electron chi connectivity index (χ1n) is 7.43. The highest BCUT2D eigenvalue weighted by Crippen LogP contribution is 2.21. The summed E-state index contributed by atoms with van der Waals surface area (Å²) in [7, 11) is 0. The van der Waals surface area contributed by atoms with Gasteiger partial charge in [0.25, 0.3) is 0 Å². The van der Waals surface area contributed by atoms with E-state index in [2.05, 4.69) is 40.0 Å². The SMILES string of the molecule is CCN(Cc1cccc(C)n1)C(CN)c1ccc(C)nc1.